The molecule has 0 bridgehead atoms. The Morgan fingerprint density at radius 2 is 0.785 bits per heavy atom. The predicted octanol–water partition coefficient (Wildman–Crippen LogP) is -10.4. The summed E-state index contributed by atoms with van der Waals surface area (Å²) in [5.74, 6) is -2.06. The molecule has 5 saturated heterocycles. The van der Waals surface area contributed by atoms with E-state index in [0.717, 1.165) is 20.8 Å². The van der Waals surface area contributed by atoms with E-state index in [-0.39, 0.29) is 0 Å². The molecule has 376 valence electrons. The number of aliphatic hydroxyl groups is 13. The highest BCUT2D eigenvalue weighted by Crippen LogP contribution is 2.34. The molecule has 0 aromatic carbocycles. The first-order chi connectivity index (χ1) is 30.7. The molecular weight excluding hydrogens is 886 g/mol. The molecule has 25 atom stereocenters. The molecule has 5 aliphatic rings. The maximum absolute atomic E-state index is 12.5. The lowest BCUT2D eigenvalue weighted by molar-refractivity contribution is -0.358. The molecule has 0 radical (unpaired) electrons. The van der Waals surface area contributed by atoms with Gasteiger partial charge in [0.15, 0.2) is 25.2 Å². The average Bonchev–Trinajstić information content (AvgIpc) is 3.26. The van der Waals surface area contributed by atoms with Crippen LogP contribution in [0, 0.1) is 0 Å². The molecule has 65 heavy (non-hydrogen) atoms. The zero-order valence-corrected chi connectivity index (χ0v) is 35.7. The van der Waals surface area contributed by atoms with Crippen LogP contribution in [0.4, 0.5) is 0 Å². The van der Waals surface area contributed by atoms with Gasteiger partial charge in [-0.05, 0) is 6.92 Å². The largest absolute Gasteiger partial charge is 0.394 e. The van der Waals surface area contributed by atoms with Gasteiger partial charge in [-0.3, -0.25) is 14.4 Å². The number of amides is 3. The number of aliphatic hydroxyl groups excluding tert-OH is 13. The Kier molecular flexibility index (Phi) is 19.1. The Bertz CT molecular complexity index is 1550. The highest BCUT2D eigenvalue weighted by atomic mass is 16.8. The minimum absolute atomic E-state index is 0.608. The van der Waals surface area contributed by atoms with E-state index >= 15 is 0 Å². The second kappa shape index (κ2) is 23.2. The summed E-state index contributed by atoms with van der Waals surface area (Å²) in [4.78, 5) is 37.2. The highest BCUT2D eigenvalue weighted by Gasteiger charge is 2.56. The summed E-state index contributed by atoms with van der Waals surface area (Å²) in [6.45, 7) is 0.815. The van der Waals surface area contributed by atoms with Crippen molar-refractivity contribution < 1.29 is 123 Å². The Hall–Kier alpha value is -2.47. The van der Waals surface area contributed by atoms with Gasteiger partial charge in [-0.25, -0.2) is 0 Å². The molecule has 28 nitrogen and oxygen atoms in total. The zero-order chi connectivity index (χ0) is 48.2. The van der Waals surface area contributed by atoms with Crippen molar-refractivity contribution in [1.82, 2.24) is 16.0 Å². The topological polar surface area (TPSA) is 433 Å². The van der Waals surface area contributed by atoms with Crippen LogP contribution >= 0.6 is 0 Å². The summed E-state index contributed by atoms with van der Waals surface area (Å²) < 4.78 is 52.3. The van der Waals surface area contributed by atoms with E-state index in [1.165, 1.54) is 6.92 Å². The van der Waals surface area contributed by atoms with Crippen molar-refractivity contribution in [2.24, 2.45) is 0 Å². The fourth-order valence-corrected chi connectivity index (χ4v) is 8.39. The molecule has 28 heteroatoms. The van der Waals surface area contributed by atoms with E-state index in [2.05, 4.69) is 16.0 Å². The number of hydrogen-bond donors (Lipinski definition) is 16. The normalized spacial score (nSPS) is 47.1. The van der Waals surface area contributed by atoms with Crippen LogP contribution in [0.25, 0.3) is 0 Å². The molecule has 0 aromatic rings. The van der Waals surface area contributed by atoms with Crippen molar-refractivity contribution in [1.29, 1.82) is 0 Å². The van der Waals surface area contributed by atoms with E-state index < -0.39 is 204 Å². The second-order valence-corrected chi connectivity index (χ2v) is 16.5. The summed E-state index contributed by atoms with van der Waals surface area (Å²) in [5.41, 5.74) is 0. The molecule has 5 rings (SSSR count). The number of carbonyl (C=O) groups is 3. The number of carbonyl (C=O) groups excluding carboxylic acids is 3. The van der Waals surface area contributed by atoms with Gasteiger partial charge >= 0.3 is 0 Å². The second-order valence-electron chi connectivity index (χ2n) is 16.5. The maximum atomic E-state index is 12.5. The van der Waals surface area contributed by atoms with Crippen molar-refractivity contribution in [3.8, 4) is 0 Å². The van der Waals surface area contributed by atoms with Crippen LogP contribution in [0.5, 0.6) is 0 Å². The van der Waals surface area contributed by atoms with Crippen LogP contribution in [-0.4, -0.2) is 270 Å². The number of rotatable bonds is 16. The lowest BCUT2D eigenvalue weighted by Crippen LogP contribution is -2.70. The molecule has 0 spiro atoms. The third-order valence-electron chi connectivity index (χ3n) is 11.8. The van der Waals surface area contributed by atoms with Gasteiger partial charge in [-0.15, -0.1) is 0 Å². The third-order valence-corrected chi connectivity index (χ3v) is 11.8. The molecule has 5 fully saturated rings. The average molecular weight is 950 g/mol. The molecule has 0 aliphatic carbocycles. The Morgan fingerprint density at radius 1 is 0.415 bits per heavy atom. The smallest absolute Gasteiger partial charge is 0.217 e. The molecule has 11 unspecified atom stereocenters. The summed E-state index contributed by atoms with van der Waals surface area (Å²) in [7, 11) is 0. The minimum Gasteiger partial charge on any atom is -0.394 e. The summed E-state index contributed by atoms with van der Waals surface area (Å²) in [5, 5.41) is 144. The SMILES string of the molecule is CC(=O)NC1[C@H](OCC2OC(C)C(NC(C)=O)[C@@H](O[C@@H]3OC(CO)[C@@H](O[C@@H]4OC(CO)[C@H](O)[C@H](O)C4O)[C@H](O)C3NC(C)=O)[C@H]2O)OC(CO)[C@@H](O[C@@H]2OC(CO)[C@H](O)[C@H](O)C2O)[C@@H]1O. The number of nitrogens with one attached hydrogen (secondary N) is 3. The van der Waals surface area contributed by atoms with E-state index in [9.17, 15) is 80.8 Å². The first-order valence-corrected chi connectivity index (χ1v) is 20.9. The van der Waals surface area contributed by atoms with Crippen LogP contribution in [0.1, 0.15) is 27.7 Å². The standard InChI is InChI=1S/C37H63N3O25/c1-10-19(38-11(2)45)33(65-35-21(40-13(4)47)26(52)32(17(8-44)62-35)64-37-30(56)28(54)23(49)15(6-42)60-37)24(50)18(58-10)9-57-34-20(39-12(3)46)25(51)31(16(7-43)61-34)63-36-29(55)27(53)22(48)14(5-41)59-36/h10,14-37,41-44,48-56H,5-9H2,1-4H3,(H,38,45)(H,39,46)(H,40,47)/t10?,14?,15?,16?,17?,18?,19?,20?,21?,22-,23-,24-,25+,26+,27-,28-,29?,30?,31+,32+,33+,34+,35-,36-,37-/m0/s1. The van der Waals surface area contributed by atoms with Crippen molar-refractivity contribution >= 4 is 17.7 Å². The fraction of sp³-hybridized carbons (Fsp3) is 0.919. The Labute approximate surface area is 370 Å². The van der Waals surface area contributed by atoms with Crippen LogP contribution < -0.4 is 16.0 Å². The molecule has 0 aromatic heterocycles. The molecular formula is C37H63N3O25. The first-order valence-electron chi connectivity index (χ1n) is 20.9. The van der Waals surface area contributed by atoms with Gasteiger partial charge < -0.3 is 125 Å². The zero-order valence-electron chi connectivity index (χ0n) is 35.7. The van der Waals surface area contributed by atoms with Crippen molar-refractivity contribution in [2.75, 3.05) is 33.0 Å². The number of hydrogen-bond acceptors (Lipinski definition) is 25. The molecule has 5 heterocycles. The van der Waals surface area contributed by atoms with Gasteiger partial charge in [0.2, 0.25) is 17.7 Å². The Morgan fingerprint density at radius 3 is 1.20 bits per heavy atom. The monoisotopic (exact) mass is 949 g/mol. The van der Waals surface area contributed by atoms with Crippen LogP contribution in [0.2, 0.25) is 0 Å². The lowest BCUT2D eigenvalue weighted by Gasteiger charge is -2.50. The van der Waals surface area contributed by atoms with E-state index in [0.29, 0.717) is 0 Å². The van der Waals surface area contributed by atoms with Crippen molar-refractivity contribution in [3.05, 3.63) is 0 Å². The predicted molar refractivity (Wildman–Crippen MR) is 205 cm³/mol. The van der Waals surface area contributed by atoms with Crippen LogP contribution in [-0.2, 0) is 57.0 Å². The molecule has 16 N–H and O–H groups in total. The van der Waals surface area contributed by atoms with E-state index in [4.69, 9.17) is 42.6 Å². The maximum Gasteiger partial charge on any atom is 0.217 e. The van der Waals surface area contributed by atoms with Gasteiger partial charge in [-0.1, -0.05) is 0 Å². The van der Waals surface area contributed by atoms with E-state index in [1.807, 2.05) is 0 Å². The van der Waals surface area contributed by atoms with Gasteiger partial charge in [0.1, 0.15) is 116 Å². The molecule has 5 aliphatic heterocycles. The first kappa shape index (κ1) is 53.5. The van der Waals surface area contributed by atoms with Crippen molar-refractivity contribution in [3.63, 3.8) is 0 Å². The van der Waals surface area contributed by atoms with Crippen molar-refractivity contribution in [2.45, 2.75) is 181 Å². The minimum atomic E-state index is -1.93. The van der Waals surface area contributed by atoms with Gasteiger partial charge in [0.25, 0.3) is 0 Å². The van der Waals surface area contributed by atoms with Gasteiger partial charge in [-0.2, -0.15) is 0 Å². The quantitative estimate of drug-likeness (QED) is 0.0683. The van der Waals surface area contributed by atoms with E-state index in [1.54, 1.807) is 0 Å². The summed E-state index contributed by atoms with van der Waals surface area (Å²) >= 11 is 0. The van der Waals surface area contributed by atoms with Crippen LogP contribution in [0.15, 0.2) is 0 Å². The highest BCUT2D eigenvalue weighted by molar-refractivity contribution is 5.74. The number of ether oxygens (including phenoxy) is 9. The summed E-state index contributed by atoms with van der Waals surface area (Å²) in [6, 6.07) is -4.29. The van der Waals surface area contributed by atoms with Gasteiger partial charge in [0.05, 0.1) is 45.2 Å². The third kappa shape index (κ3) is 12.0. The lowest BCUT2D eigenvalue weighted by atomic mass is 9.92. The molecule has 0 saturated carbocycles. The molecule has 3 amide bonds. The van der Waals surface area contributed by atoms with Gasteiger partial charge in [0, 0.05) is 20.8 Å². The van der Waals surface area contributed by atoms with Crippen LogP contribution in [0.3, 0.4) is 0 Å². The fourth-order valence-electron chi connectivity index (χ4n) is 8.39. The summed E-state index contributed by atoms with van der Waals surface area (Å²) in [6.07, 6.45) is -36.6. The Balaban J connectivity index is 1.35.